The van der Waals surface area contributed by atoms with Gasteiger partial charge in [-0.3, -0.25) is 4.72 Å². The summed E-state index contributed by atoms with van der Waals surface area (Å²) in [6.45, 7) is 2.17. The first-order valence-corrected chi connectivity index (χ1v) is 9.71. The Balaban J connectivity index is 1.98. The molecule has 0 spiro atoms. The summed E-state index contributed by atoms with van der Waals surface area (Å²) >= 11 is 5.53. The molecule has 1 saturated heterocycles. The molecule has 1 aliphatic rings. The van der Waals surface area contributed by atoms with Crippen LogP contribution < -0.4 is 9.62 Å². The summed E-state index contributed by atoms with van der Waals surface area (Å²) in [5.74, 6) is 0.416. The molecule has 118 valence electrons. The van der Waals surface area contributed by atoms with Crippen molar-refractivity contribution in [1.82, 2.24) is 0 Å². The lowest BCUT2D eigenvalue weighted by molar-refractivity contribution is 0.600. The Morgan fingerprint density at radius 1 is 1.05 bits per heavy atom. The molecule has 1 aromatic rings. The van der Waals surface area contributed by atoms with Crippen molar-refractivity contribution in [3.63, 3.8) is 0 Å². The highest BCUT2D eigenvalue weighted by atomic mass is 35.5. The molecule has 0 saturated carbocycles. The third-order valence-corrected chi connectivity index (χ3v) is 5.30. The van der Waals surface area contributed by atoms with Gasteiger partial charge in [-0.1, -0.05) is 12.8 Å². The molecule has 1 aromatic carbocycles. The predicted molar refractivity (Wildman–Crippen MR) is 89.9 cm³/mol. The molecule has 1 fully saturated rings. The summed E-state index contributed by atoms with van der Waals surface area (Å²) in [7, 11) is -3.29. The predicted octanol–water partition coefficient (Wildman–Crippen LogP) is 3.44. The molecule has 0 atom stereocenters. The Bertz CT molecular complexity index is 523. The van der Waals surface area contributed by atoms with E-state index in [4.69, 9.17) is 11.6 Å². The minimum Gasteiger partial charge on any atom is -0.372 e. The molecule has 21 heavy (non-hydrogen) atoms. The molecule has 0 amide bonds. The lowest BCUT2D eigenvalue weighted by Gasteiger charge is -2.22. The zero-order valence-electron chi connectivity index (χ0n) is 12.2. The average molecular weight is 331 g/mol. The van der Waals surface area contributed by atoms with Gasteiger partial charge in [0.1, 0.15) is 0 Å². The van der Waals surface area contributed by atoms with Gasteiger partial charge in [-0.15, -0.1) is 11.6 Å². The smallest absolute Gasteiger partial charge is 0.232 e. The van der Waals surface area contributed by atoms with Gasteiger partial charge in [0.05, 0.1) is 5.75 Å². The first kappa shape index (κ1) is 16.4. The number of rotatable bonds is 6. The standard InChI is InChI=1S/C15H23ClN2O2S/c16-10-5-13-21(19,20)17-14-6-8-15(9-7-14)18-11-3-1-2-4-12-18/h6-9,17H,1-5,10-13H2. The minimum atomic E-state index is -3.29. The highest BCUT2D eigenvalue weighted by Gasteiger charge is 2.12. The van der Waals surface area contributed by atoms with E-state index in [2.05, 4.69) is 9.62 Å². The van der Waals surface area contributed by atoms with E-state index in [-0.39, 0.29) is 5.75 Å². The molecule has 1 aliphatic heterocycles. The molecule has 1 N–H and O–H groups in total. The summed E-state index contributed by atoms with van der Waals surface area (Å²) < 4.78 is 26.2. The molecule has 0 aromatic heterocycles. The Hall–Kier alpha value is -0.940. The van der Waals surface area contributed by atoms with Gasteiger partial charge in [0.25, 0.3) is 0 Å². The Morgan fingerprint density at radius 3 is 2.24 bits per heavy atom. The number of nitrogens with one attached hydrogen (secondary N) is 1. The Morgan fingerprint density at radius 2 is 1.67 bits per heavy atom. The molecular weight excluding hydrogens is 308 g/mol. The van der Waals surface area contributed by atoms with E-state index in [9.17, 15) is 8.42 Å². The van der Waals surface area contributed by atoms with Crippen LogP contribution in [0.15, 0.2) is 24.3 Å². The van der Waals surface area contributed by atoms with Crippen molar-refractivity contribution in [2.24, 2.45) is 0 Å². The zero-order chi connectivity index (χ0) is 15.1. The highest BCUT2D eigenvalue weighted by Crippen LogP contribution is 2.22. The number of halogens is 1. The van der Waals surface area contributed by atoms with Crippen molar-refractivity contribution in [3.05, 3.63) is 24.3 Å². The van der Waals surface area contributed by atoms with Gasteiger partial charge in [-0.25, -0.2) is 8.42 Å². The lowest BCUT2D eigenvalue weighted by Crippen LogP contribution is -2.23. The fraction of sp³-hybridized carbons (Fsp3) is 0.600. The molecular formula is C15H23ClN2O2S. The Kier molecular flexibility index (Phi) is 6.18. The van der Waals surface area contributed by atoms with Gasteiger partial charge < -0.3 is 4.90 Å². The summed E-state index contributed by atoms with van der Waals surface area (Å²) in [6.07, 6.45) is 5.52. The van der Waals surface area contributed by atoms with Crippen LogP contribution in [0.4, 0.5) is 11.4 Å². The van der Waals surface area contributed by atoms with E-state index >= 15 is 0 Å². The van der Waals surface area contributed by atoms with Crippen LogP contribution >= 0.6 is 11.6 Å². The van der Waals surface area contributed by atoms with Crippen LogP contribution in [0.1, 0.15) is 32.1 Å². The summed E-state index contributed by atoms with van der Waals surface area (Å²) in [6, 6.07) is 7.65. The van der Waals surface area contributed by atoms with Crippen LogP contribution in [0.5, 0.6) is 0 Å². The van der Waals surface area contributed by atoms with Crippen molar-refractivity contribution in [2.45, 2.75) is 32.1 Å². The van der Waals surface area contributed by atoms with Crippen LogP contribution in [0.3, 0.4) is 0 Å². The van der Waals surface area contributed by atoms with E-state index < -0.39 is 10.0 Å². The van der Waals surface area contributed by atoms with Crippen LogP contribution in [0, 0.1) is 0 Å². The highest BCUT2D eigenvalue weighted by molar-refractivity contribution is 7.92. The van der Waals surface area contributed by atoms with Crippen LogP contribution in [-0.4, -0.2) is 33.1 Å². The van der Waals surface area contributed by atoms with Crippen molar-refractivity contribution in [3.8, 4) is 0 Å². The van der Waals surface area contributed by atoms with E-state index in [1.807, 2.05) is 24.3 Å². The fourth-order valence-corrected chi connectivity index (χ4v) is 3.96. The topological polar surface area (TPSA) is 49.4 Å². The summed E-state index contributed by atoms with van der Waals surface area (Å²) in [4.78, 5) is 2.37. The summed E-state index contributed by atoms with van der Waals surface area (Å²) in [5.41, 5.74) is 1.78. The van der Waals surface area contributed by atoms with Gasteiger partial charge in [0.15, 0.2) is 0 Å². The fourth-order valence-electron chi connectivity index (χ4n) is 2.54. The third kappa shape index (κ3) is 5.40. The monoisotopic (exact) mass is 330 g/mol. The number of benzene rings is 1. The molecule has 0 radical (unpaired) electrons. The van der Waals surface area contributed by atoms with Crippen molar-refractivity contribution in [1.29, 1.82) is 0 Å². The third-order valence-electron chi connectivity index (χ3n) is 3.66. The number of anilines is 2. The van der Waals surface area contributed by atoms with Gasteiger partial charge in [0, 0.05) is 30.3 Å². The van der Waals surface area contributed by atoms with E-state index in [0.29, 0.717) is 18.0 Å². The van der Waals surface area contributed by atoms with Gasteiger partial charge in [0.2, 0.25) is 10.0 Å². The maximum atomic E-state index is 11.8. The lowest BCUT2D eigenvalue weighted by atomic mass is 10.2. The molecule has 1 heterocycles. The second-order valence-corrected chi connectivity index (χ2v) is 7.63. The Labute approximate surface area is 132 Å². The van der Waals surface area contributed by atoms with Crippen molar-refractivity contribution in [2.75, 3.05) is 34.3 Å². The van der Waals surface area contributed by atoms with Crippen LogP contribution in [-0.2, 0) is 10.0 Å². The molecule has 2 rings (SSSR count). The number of hydrogen-bond acceptors (Lipinski definition) is 3. The maximum Gasteiger partial charge on any atom is 0.232 e. The first-order valence-electron chi connectivity index (χ1n) is 7.52. The van der Waals surface area contributed by atoms with Crippen molar-refractivity contribution >= 4 is 33.0 Å². The largest absolute Gasteiger partial charge is 0.372 e. The average Bonchev–Trinajstić information content (AvgIpc) is 2.75. The summed E-state index contributed by atoms with van der Waals surface area (Å²) in [5, 5.41) is 0. The normalized spacial score (nSPS) is 16.5. The van der Waals surface area contributed by atoms with Gasteiger partial charge in [-0.05, 0) is 43.5 Å². The van der Waals surface area contributed by atoms with Gasteiger partial charge >= 0.3 is 0 Å². The van der Waals surface area contributed by atoms with E-state index in [1.165, 1.54) is 31.4 Å². The number of sulfonamides is 1. The van der Waals surface area contributed by atoms with Gasteiger partial charge in [-0.2, -0.15) is 0 Å². The van der Waals surface area contributed by atoms with Crippen LogP contribution in [0.25, 0.3) is 0 Å². The van der Waals surface area contributed by atoms with Crippen molar-refractivity contribution < 1.29 is 8.42 Å². The van der Waals surface area contributed by atoms with E-state index in [0.717, 1.165) is 13.1 Å². The molecule has 4 nitrogen and oxygen atoms in total. The molecule has 0 bridgehead atoms. The second-order valence-electron chi connectivity index (χ2n) is 5.41. The quantitative estimate of drug-likeness (QED) is 0.813. The number of hydrogen-bond donors (Lipinski definition) is 1. The SMILES string of the molecule is O=S(=O)(CCCCl)Nc1ccc(N2CCCCCC2)cc1. The zero-order valence-corrected chi connectivity index (χ0v) is 13.8. The molecule has 6 heteroatoms. The second kappa shape index (κ2) is 7.90. The number of nitrogens with zero attached hydrogens (tertiary/aromatic N) is 1. The first-order chi connectivity index (χ1) is 10.1. The van der Waals surface area contributed by atoms with Crippen LogP contribution in [0.2, 0.25) is 0 Å². The number of alkyl halides is 1. The van der Waals surface area contributed by atoms with E-state index in [1.54, 1.807) is 0 Å². The maximum absolute atomic E-state index is 11.8. The molecule has 0 aliphatic carbocycles. The molecule has 0 unspecified atom stereocenters. The minimum absolute atomic E-state index is 0.0599.